The van der Waals surface area contributed by atoms with Crippen molar-refractivity contribution in [2.24, 2.45) is 0 Å². The first kappa shape index (κ1) is 12.0. The fraction of sp³-hybridized carbons (Fsp3) is 0.182. The van der Waals surface area contributed by atoms with Crippen molar-refractivity contribution in [1.82, 2.24) is 15.0 Å². The zero-order valence-electron chi connectivity index (χ0n) is 9.14. The summed E-state index contributed by atoms with van der Waals surface area (Å²) in [7, 11) is 0. The van der Waals surface area contributed by atoms with Crippen LogP contribution < -0.4 is 10.9 Å². The van der Waals surface area contributed by atoms with Crippen molar-refractivity contribution < 1.29 is 0 Å². The SMILES string of the molecule is CC(Nc1nc[nH]c(=O)c1I)c1ccncc1. The van der Waals surface area contributed by atoms with Crippen molar-refractivity contribution in [3.63, 3.8) is 0 Å². The van der Waals surface area contributed by atoms with E-state index in [1.807, 2.05) is 41.6 Å². The van der Waals surface area contributed by atoms with E-state index in [0.29, 0.717) is 9.39 Å². The molecule has 0 fully saturated rings. The number of nitrogens with zero attached hydrogens (tertiary/aromatic N) is 2. The number of H-pyrrole nitrogens is 1. The summed E-state index contributed by atoms with van der Waals surface area (Å²) < 4.78 is 0.561. The number of aromatic nitrogens is 3. The molecule has 1 atom stereocenters. The second-order valence-corrected chi connectivity index (χ2v) is 4.62. The summed E-state index contributed by atoms with van der Waals surface area (Å²) in [6.45, 7) is 2.01. The van der Waals surface area contributed by atoms with E-state index >= 15 is 0 Å². The van der Waals surface area contributed by atoms with Gasteiger partial charge in [-0.15, -0.1) is 0 Å². The summed E-state index contributed by atoms with van der Waals surface area (Å²) in [4.78, 5) is 22.0. The van der Waals surface area contributed by atoms with Gasteiger partial charge in [-0.2, -0.15) is 0 Å². The lowest BCUT2D eigenvalue weighted by molar-refractivity contribution is 0.864. The number of halogens is 1. The van der Waals surface area contributed by atoms with Crippen LogP contribution in [0.3, 0.4) is 0 Å². The maximum atomic E-state index is 11.4. The highest BCUT2D eigenvalue weighted by Crippen LogP contribution is 2.18. The van der Waals surface area contributed by atoms with Gasteiger partial charge in [0.25, 0.3) is 5.56 Å². The number of hydrogen-bond acceptors (Lipinski definition) is 4. The summed E-state index contributed by atoms with van der Waals surface area (Å²) in [6, 6.07) is 3.93. The summed E-state index contributed by atoms with van der Waals surface area (Å²) in [5.41, 5.74) is 0.961. The zero-order chi connectivity index (χ0) is 12.3. The molecule has 0 aromatic carbocycles. The van der Waals surface area contributed by atoms with Crippen LogP contribution in [-0.4, -0.2) is 15.0 Å². The molecule has 2 aromatic heterocycles. The predicted molar refractivity (Wildman–Crippen MR) is 73.8 cm³/mol. The molecule has 0 aliphatic heterocycles. The van der Waals surface area contributed by atoms with Crippen molar-refractivity contribution in [3.8, 4) is 0 Å². The standard InChI is InChI=1S/C11H11IN4O/c1-7(8-2-4-13-5-3-8)16-10-9(12)11(17)15-6-14-10/h2-7H,1H3,(H2,14,15,16,17). The monoisotopic (exact) mass is 342 g/mol. The Bertz CT molecular complexity index is 555. The molecule has 2 heterocycles. The Morgan fingerprint density at radius 3 is 2.82 bits per heavy atom. The minimum Gasteiger partial charge on any atom is -0.362 e. The van der Waals surface area contributed by atoms with Crippen LogP contribution in [0.2, 0.25) is 0 Å². The van der Waals surface area contributed by atoms with Crippen LogP contribution in [0.25, 0.3) is 0 Å². The highest BCUT2D eigenvalue weighted by molar-refractivity contribution is 14.1. The highest BCUT2D eigenvalue weighted by atomic mass is 127. The quantitative estimate of drug-likeness (QED) is 0.837. The Labute approximate surface area is 112 Å². The molecular weight excluding hydrogens is 331 g/mol. The van der Waals surface area contributed by atoms with Crippen LogP contribution in [0.5, 0.6) is 0 Å². The first-order valence-electron chi connectivity index (χ1n) is 5.08. The fourth-order valence-electron chi connectivity index (χ4n) is 1.42. The van der Waals surface area contributed by atoms with E-state index < -0.39 is 0 Å². The van der Waals surface area contributed by atoms with Crippen molar-refractivity contribution in [3.05, 3.63) is 50.3 Å². The van der Waals surface area contributed by atoms with Crippen LogP contribution in [-0.2, 0) is 0 Å². The molecule has 2 aromatic rings. The second-order valence-electron chi connectivity index (χ2n) is 3.54. The maximum absolute atomic E-state index is 11.4. The van der Waals surface area contributed by atoms with Crippen LogP contribution in [0.1, 0.15) is 18.5 Å². The molecule has 0 aliphatic rings. The molecular formula is C11H11IN4O. The van der Waals surface area contributed by atoms with Crippen molar-refractivity contribution in [1.29, 1.82) is 0 Å². The van der Waals surface area contributed by atoms with Crippen LogP contribution >= 0.6 is 22.6 Å². The van der Waals surface area contributed by atoms with Gasteiger partial charge in [0.2, 0.25) is 0 Å². The zero-order valence-corrected chi connectivity index (χ0v) is 11.3. The van der Waals surface area contributed by atoms with Gasteiger partial charge in [0.1, 0.15) is 9.39 Å². The Kier molecular flexibility index (Phi) is 3.72. The summed E-state index contributed by atoms with van der Waals surface area (Å²) in [5.74, 6) is 0.596. The molecule has 0 radical (unpaired) electrons. The van der Waals surface area contributed by atoms with Crippen LogP contribution in [0.4, 0.5) is 5.82 Å². The third kappa shape index (κ3) is 2.82. The molecule has 0 spiro atoms. The molecule has 0 amide bonds. The number of aromatic amines is 1. The third-order valence-corrected chi connectivity index (χ3v) is 3.36. The fourth-order valence-corrected chi connectivity index (χ4v) is 1.87. The minimum absolute atomic E-state index is 0.0702. The first-order chi connectivity index (χ1) is 8.18. The van der Waals surface area contributed by atoms with Crippen molar-refractivity contribution in [2.45, 2.75) is 13.0 Å². The third-order valence-electron chi connectivity index (χ3n) is 2.36. The normalized spacial score (nSPS) is 12.1. The van der Waals surface area contributed by atoms with E-state index in [4.69, 9.17) is 0 Å². The molecule has 2 N–H and O–H groups in total. The number of pyridine rings is 1. The summed E-state index contributed by atoms with van der Waals surface area (Å²) in [6.07, 6.45) is 4.87. The van der Waals surface area contributed by atoms with Crippen molar-refractivity contribution in [2.75, 3.05) is 5.32 Å². The van der Waals surface area contributed by atoms with Gasteiger partial charge in [-0.3, -0.25) is 9.78 Å². The molecule has 0 saturated heterocycles. The predicted octanol–water partition coefficient (Wildman–Crippen LogP) is 1.94. The van der Waals surface area contributed by atoms with Crippen LogP contribution in [0.15, 0.2) is 35.6 Å². The Hall–Kier alpha value is -1.44. The number of hydrogen-bond donors (Lipinski definition) is 2. The van der Waals surface area contributed by atoms with Gasteiger partial charge in [-0.25, -0.2) is 4.98 Å². The molecule has 5 nitrogen and oxygen atoms in total. The molecule has 6 heteroatoms. The number of nitrogens with one attached hydrogen (secondary N) is 2. The summed E-state index contributed by atoms with van der Waals surface area (Å²) >= 11 is 1.98. The smallest absolute Gasteiger partial charge is 0.266 e. The second kappa shape index (κ2) is 5.26. The first-order valence-corrected chi connectivity index (χ1v) is 6.16. The Balaban J connectivity index is 2.22. The van der Waals surface area contributed by atoms with Crippen molar-refractivity contribution >= 4 is 28.4 Å². The highest BCUT2D eigenvalue weighted by Gasteiger charge is 2.09. The number of anilines is 1. The van der Waals surface area contributed by atoms with Gasteiger partial charge in [0.15, 0.2) is 0 Å². The molecule has 0 saturated carbocycles. The molecule has 17 heavy (non-hydrogen) atoms. The Morgan fingerprint density at radius 2 is 2.12 bits per heavy atom. The summed E-state index contributed by atoms with van der Waals surface area (Å²) in [5, 5.41) is 3.20. The van der Waals surface area contributed by atoms with Gasteiger partial charge >= 0.3 is 0 Å². The number of rotatable bonds is 3. The van der Waals surface area contributed by atoms with E-state index in [0.717, 1.165) is 5.56 Å². The Morgan fingerprint density at radius 1 is 1.41 bits per heavy atom. The van der Waals surface area contributed by atoms with Gasteiger partial charge in [0, 0.05) is 12.4 Å². The minimum atomic E-state index is -0.134. The van der Waals surface area contributed by atoms with E-state index in [2.05, 4.69) is 20.3 Å². The molecule has 2 rings (SSSR count). The molecule has 1 unspecified atom stereocenters. The van der Waals surface area contributed by atoms with Gasteiger partial charge in [-0.05, 0) is 47.2 Å². The van der Waals surface area contributed by atoms with E-state index in [-0.39, 0.29) is 11.6 Å². The average Bonchev–Trinajstić information content (AvgIpc) is 2.36. The average molecular weight is 342 g/mol. The van der Waals surface area contributed by atoms with Crippen LogP contribution in [0, 0.1) is 3.57 Å². The maximum Gasteiger partial charge on any atom is 0.266 e. The molecule has 0 aliphatic carbocycles. The van der Waals surface area contributed by atoms with E-state index in [1.54, 1.807) is 12.4 Å². The lowest BCUT2D eigenvalue weighted by Gasteiger charge is -2.15. The molecule has 0 bridgehead atoms. The van der Waals surface area contributed by atoms with E-state index in [1.165, 1.54) is 6.33 Å². The van der Waals surface area contributed by atoms with Gasteiger partial charge in [0.05, 0.1) is 12.4 Å². The lowest BCUT2D eigenvalue weighted by atomic mass is 10.1. The van der Waals surface area contributed by atoms with Gasteiger partial charge in [-0.1, -0.05) is 0 Å². The largest absolute Gasteiger partial charge is 0.362 e. The lowest BCUT2D eigenvalue weighted by Crippen LogP contribution is -2.16. The topological polar surface area (TPSA) is 70.7 Å². The van der Waals surface area contributed by atoms with Gasteiger partial charge < -0.3 is 10.3 Å². The van der Waals surface area contributed by atoms with E-state index in [9.17, 15) is 4.79 Å². The molecule has 88 valence electrons.